The molecule has 1 aromatic carbocycles. The monoisotopic (exact) mass is 229 g/mol. The second-order valence-electron chi connectivity index (χ2n) is 4.39. The van der Waals surface area contributed by atoms with Crippen LogP contribution in [-0.4, -0.2) is 16.9 Å². The summed E-state index contributed by atoms with van der Waals surface area (Å²) in [6.07, 6.45) is 1.96. The van der Waals surface area contributed by atoms with Gasteiger partial charge >= 0.3 is 0 Å². The third kappa shape index (κ3) is 3.44. The van der Waals surface area contributed by atoms with Gasteiger partial charge in [0.1, 0.15) is 0 Å². The first-order valence-corrected chi connectivity index (χ1v) is 5.86. The van der Waals surface area contributed by atoms with Crippen molar-refractivity contribution < 1.29 is 0 Å². The number of aromatic amines is 1. The van der Waals surface area contributed by atoms with Crippen molar-refractivity contribution in [3.8, 4) is 0 Å². The minimum Gasteiger partial charge on any atom is -0.364 e. The van der Waals surface area contributed by atoms with Crippen LogP contribution < -0.4 is 5.73 Å². The summed E-state index contributed by atoms with van der Waals surface area (Å²) in [6, 6.07) is 12.6. The molecule has 17 heavy (non-hydrogen) atoms. The molecule has 0 saturated carbocycles. The van der Waals surface area contributed by atoms with Crippen molar-refractivity contribution in [2.24, 2.45) is 5.73 Å². The molecule has 0 amide bonds. The Morgan fingerprint density at radius 1 is 1.06 bits per heavy atom. The smallest absolute Gasteiger partial charge is 0.0385 e. The number of hydrogen-bond donors (Lipinski definition) is 2. The van der Waals surface area contributed by atoms with E-state index in [-0.39, 0.29) is 0 Å². The highest BCUT2D eigenvalue weighted by Crippen LogP contribution is 2.08. The van der Waals surface area contributed by atoms with Gasteiger partial charge in [-0.3, -0.25) is 4.90 Å². The van der Waals surface area contributed by atoms with E-state index in [1.54, 1.807) is 0 Å². The van der Waals surface area contributed by atoms with Gasteiger partial charge in [-0.2, -0.15) is 0 Å². The fraction of sp³-hybridized carbons (Fsp3) is 0.286. The summed E-state index contributed by atoms with van der Waals surface area (Å²) >= 11 is 0. The van der Waals surface area contributed by atoms with Gasteiger partial charge in [0, 0.05) is 31.5 Å². The van der Waals surface area contributed by atoms with Crippen LogP contribution >= 0.6 is 0 Å². The molecule has 0 spiro atoms. The molecule has 2 aromatic rings. The predicted octanol–water partition coefficient (Wildman–Crippen LogP) is 2.11. The molecule has 2 rings (SSSR count). The molecule has 90 valence electrons. The molecule has 0 atom stereocenters. The molecule has 0 aliphatic carbocycles. The summed E-state index contributed by atoms with van der Waals surface area (Å²) in [4.78, 5) is 5.49. The fourth-order valence-electron chi connectivity index (χ4n) is 1.91. The number of nitrogens with two attached hydrogens (primary N) is 1. The van der Waals surface area contributed by atoms with Crippen molar-refractivity contribution in [2.45, 2.75) is 19.6 Å². The number of rotatable bonds is 5. The van der Waals surface area contributed by atoms with Crippen LogP contribution in [0, 0.1) is 0 Å². The molecule has 0 aliphatic heterocycles. The van der Waals surface area contributed by atoms with Gasteiger partial charge < -0.3 is 10.7 Å². The van der Waals surface area contributed by atoms with E-state index in [4.69, 9.17) is 5.73 Å². The van der Waals surface area contributed by atoms with E-state index in [1.807, 2.05) is 12.3 Å². The maximum Gasteiger partial charge on any atom is 0.0385 e. The van der Waals surface area contributed by atoms with Crippen LogP contribution in [0.2, 0.25) is 0 Å². The maximum atomic E-state index is 5.58. The van der Waals surface area contributed by atoms with Gasteiger partial charge in [-0.25, -0.2) is 0 Å². The quantitative estimate of drug-likeness (QED) is 0.824. The van der Waals surface area contributed by atoms with Gasteiger partial charge in [0.15, 0.2) is 0 Å². The molecule has 0 saturated heterocycles. The van der Waals surface area contributed by atoms with Crippen molar-refractivity contribution >= 4 is 0 Å². The molecule has 1 heterocycles. The van der Waals surface area contributed by atoms with Crippen molar-refractivity contribution in [1.82, 2.24) is 9.88 Å². The van der Waals surface area contributed by atoms with Crippen LogP contribution in [0.5, 0.6) is 0 Å². The maximum absolute atomic E-state index is 5.58. The zero-order valence-electron chi connectivity index (χ0n) is 10.2. The van der Waals surface area contributed by atoms with E-state index in [2.05, 4.69) is 47.3 Å². The average Bonchev–Trinajstić information content (AvgIpc) is 2.82. The first-order chi connectivity index (χ1) is 8.28. The minimum atomic E-state index is 0.610. The van der Waals surface area contributed by atoms with Crippen molar-refractivity contribution in [1.29, 1.82) is 0 Å². The zero-order valence-corrected chi connectivity index (χ0v) is 10.2. The molecule has 0 radical (unpaired) electrons. The van der Waals surface area contributed by atoms with Crippen LogP contribution in [-0.2, 0) is 19.6 Å². The topological polar surface area (TPSA) is 45.0 Å². The molecular formula is C14H19N3. The SMILES string of the molecule is CN(Cc1ccc(CN)cc1)Cc1ccc[nH]1. The molecule has 3 N–H and O–H groups in total. The van der Waals surface area contributed by atoms with Crippen LogP contribution in [0.25, 0.3) is 0 Å². The number of aromatic nitrogens is 1. The van der Waals surface area contributed by atoms with Gasteiger partial charge in [-0.1, -0.05) is 24.3 Å². The Hall–Kier alpha value is -1.58. The lowest BCUT2D eigenvalue weighted by Crippen LogP contribution is -2.17. The van der Waals surface area contributed by atoms with Crippen molar-refractivity contribution in [3.63, 3.8) is 0 Å². The van der Waals surface area contributed by atoms with E-state index in [0.717, 1.165) is 13.1 Å². The number of H-pyrrole nitrogens is 1. The lowest BCUT2D eigenvalue weighted by atomic mass is 10.1. The van der Waals surface area contributed by atoms with Crippen LogP contribution in [0.4, 0.5) is 0 Å². The standard InChI is InChI=1S/C14H19N3/c1-17(11-14-3-2-8-16-14)10-13-6-4-12(9-15)5-7-13/h2-8,16H,9-11,15H2,1H3. The summed E-state index contributed by atoms with van der Waals surface area (Å²) < 4.78 is 0. The number of benzene rings is 1. The first kappa shape index (κ1) is 11.9. The second kappa shape index (κ2) is 5.66. The van der Waals surface area contributed by atoms with Crippen LogP contribution in [0.15, 0.2) is 42.6 Å². The largest absolute Gasteiger partial charge is 0.364 e. The summed E-state index contributed by atoms with van der Waals surface area (Å²) in [7, 11) is 2.12. The summed E-state index contributed by atoms with van der Waals surface area (Å²) in [6.45, 7) is 2.49. The lowest BCUT2D eigenvalue weighted by Gasteiger charge is -2.16. The number of hydrogen-bond acceptors (Lipinski definition) is 2. The van der Waals surface area contributed by atoms with Gasteiger partial charge in [0.25, 0.3) is 0 Å². The Bertz CT molecular complexity index is 431. The van der Waals surface area contributed by atoms with E-state index < -0.39 is 0 Å². The van der Waals surface area contributed by atoms with Crippen molar-refractivity contribution in [3.05, 3.63) is 59.4 Å². The van der Waals surface area contributed by atoms with Gasteiger partial charge in [-0.15, -0.1) is 0 Å². The number of nitrogens with one attached hydrogen (secondary N) is 1. The predicted molar refractivity (Wildman–Crippen MR) is 70.3 cm³/mol. The van der Waals surface area contributed by atoms with Crippen molar-refractivity contribution in [2.75, 3.05) is 7.05 Å². The van der Waals surface area contributed by atoms with E-state index in [1.165, 1.54) is 16.8 Å². The van der Waals surface area contributed by atoms with E-state index >= 15 is 0 Å². The van der Waals surface area contributed by atoms with Crippen LogP contribution in [0.3, 0.4) is 0 Å². The molecule has 0 aliphatic rings. The van der Waals surface area contributed by atoms with Gasteiger partial charge in [0.05, 0.1) is 0 Å². The Labute approximate surface area is 102 Å². The minimum absolute atomic E-state index is 0.610. The highest BCUT2D eigenvalue weighted by molar-refractivity contribution is 5.22. The zero-order chi connectivity index (χ0) is 12.1. The number of nitrogens with zero attached hydrogens (tertiary/aromatic N) is 1. The van der Waals surface area contributed by atoms with E-state index in [0.29, 0.717) is 6.54 Å². The van der Waals surface area contributed by atoms with Gasteiger partial charge in [-0.05, 0) is 30.3 Å². The Balaban J connectivity index is 1.91. The summed E-state index contributed by atoms with van der Waals surface area (Å²) in [5.74, 6) is 0. The first-order valence-electron chi connectivity index (χ1n) is 5.86. The third-order valence-corrected chi connectivity index (χ3v) is 2.81. The Morgan fingerprint density at radius 2 is 1.76 bits per heavy atom. The molecule has 0 fully saturated rings. The molecular weight excluding hydrogens is 210 g/mol. The fourth-order valence-corrected chi connectivity index (χ4v) is 1.91. The average molecular weight is 229 g/mol. The lowest BCUT2D eigenvalue weighted by molar-refractivity contribution is 0.315. The molecule has 0 unspecified atom stereocenters. The van der Waals surface area contributed by atoms with Gasteiger partial charge in [0.2, 0.25) is 0 Å². The Kier molecular flexibility index (Phi) is 3.96. The Morgan fingerprint density at radius 3 is 2.35 bits per heavy atom. The molecule has 0 bridgehead atoms. The molecule has 3 nitrogen and oxygen atoms in total. The van der Waals surface area contributed by atoms with Crippen LogP contribution in [0.1, 0.15) is 16.8 Å². The normalized spacial score (nSPS) is 11.0. The summed E-state index contributed by atoms with van der Waals surface area (Å²) in [5.41, 5.74) is 9.32. The molecule has 1 aromatic heterocycles. The summed E-state index contributed by atoms with van der Waals surface area (Å²) in [5, 5.41) is 0. The second-order valence-corrected chi connectivity index (χ2v) is 4.39. The highest BCUT2D eigenvalue weighted by Gasteiger charge is 2.02. The van der Waals surface area contributed by atoms with E-state index in [9.17, 15) is 0 Å². The highest BCUT2D eigenvalue weighted by atomic mass is 15.1. The third-order valence-electron chi connectivity index (χ3n) is 2.81. The molecule has 3 heteroatoms.